The molecule has 0 spiro atoms. The van der Waals surface area contributed by atoms with Crippen LogP contribution in [0.3, 0.4) is 0 Å². The highest BCUT2D eigenvalue weighted by atomic mass is 35.5. The molecule has 0 bridgehead atoms. The van der Waals surface area contributed by atoms with E-state index < -0.39 is 0 Å². The van der Waals surface area contributed by atoms with Gasteiger partial charge in [0.25, 0.3) is 0 Å². The largest absolute Gasteiger partial charge is 0.494 e. The van der Waals surface area contributed by atoms with Crippen molar-refractivity contribution in [2.75, 3.05) is 14.2 Å². The molecule has 0 saturated heterocycles. The molecule has 0 aliphatic carbocycles. The molecule has 0 aromatic heterocycles. The number of ether oxygens (including phenoxy) is 1. The summed E-state index contributed by atoms with van der Waals surface area (Å²) in [5, 5.41) is 3.48. The molecule has 0 rings (SSSR count). The second-order valence-corrected chi connectivity index (χ2v) is 1.55. The van der Waals surface area contributed by atoms with E-state index in [9.17, 15) is 0 Å². The Bertz CT molecular complexity index is 133. The molecule has 0 N–H and O–H groups in total. The van der Waals surface area contributed by atoms with Gasteiger partial charge in [0.05, 0.1) is 7.11 Å². The molecule has 0 amide bonds. The first-order chi connectivity index (χ1) is 4.22. The summed E-state index contributed by atoms with van der Waals surface area (Å²) in [6, 6.07) is 0. The number of halogens is 1. The van der Waals surface area contributed by atoms with Crippen LogP contribution in [0.25, 0.3) is 0 Å². The predicted molar refractivity (Wildman–Crippen MR) is 36.4 cm³/mol. The van der Waals surface area contributed by atoms with Crippen molar-refractivity contribution in [3.8, 4) is 0 Å². The SMILES string of the molecule is C=C(OC)/C(Cl)=N/OC. The third kappa shape index (κ3) is 2.98. The van der Waals surface area contributed by atoms with Crippen molar-refractivity contribution in [3.63, 3.8) is 0 Å². The van der Waals surface area contributed by atoms with Crippen molar-refractivity contribution in [1.82, 2.24) is 0 Å². The Hall–Kier alpha value is -0.700. The Morgan fingerprint density at radius 2 is 2.11 bits per heavy atom. The van der Waals surface area contributed by atoms with E-state index in [2.05, 4.69) is 21.3 Å². The van der Waals surface area contributed by atoms with Crippen LogP contribution in [0.15, 0.2) is 17.5 Å². The molecule has 3 nitrogen and oxygen atoms in total. The summed E-state index contributed by atoms with van der Waals surface area (Å²) >= 11 is 5.43. The van der Waals surface area contributed by atoms with Gasteiger partial charge >= 0.3 is 0 Å². The summed E-state index contributed by atoms with van der Waals surface area (Å²) in [7, 11) is 2.85. The molecule has 0 fully saturated rings. The Morgan fingerprint density at radius 1 is 1.56 bits per heavy atom. The standard InChI is InChI=1S/C5H8ClNO2/c1-4(8-2)5(6)7-9-3/h1H2,2-3H3/b7-5-. The molecule has 9 heavy (non-hydrogen) atoms. The van der Waals surface area contributed by atoms with Crippen LogP contribution in [0.5, 0.6) is 0 Å². The maximum absolute atomic E-state index is 5.43. The smallest absolute Gasteiger partial charge is 0.209 e. The number of allylic oxidation sites excluding steroid dienone is 1. The van der Waals surface area contributed by atoms with Gasteiger partial charge in [0.1, 0.15) is 7.11 Å². The van der Waals surface area contributed by atoms with Gasteiger partial charge in [-0.15, -0.1) is 0 Å². The summed E-state index contributed by atoms with van der Waals surface area (Å²) in [6.45, 7) is 3.43. The monoisotopic (exact) mass is 149 g/mol. The number of rotatable bonds is 3. The predicted octanol–water partition coefficient (Wildman–Crippen LogP) is 1.35. The van der Waals surface area contributed by atoms with E-state index >= 15 is 0 Å². The lowest BCUT2D eigenvalue weighted by atomic mass is 10.6. The second-order valence-electron chi connectivity index (χ2n) is 1.19. The number of oxime groups is 1. The van der Waals surface area contributed by atoms with Crippen molar-refractivity contribution in [3.05, 3.63) is 12.3 Å². The second kappa shape index (κ2) is 4.21. The number of hydrogen-bond donors (Lipinski definition) is 0. The average molecular weight is 150 g/mol. The normalized spacial score (nSPS) is 10.8. The van der Waals surface area contributed by atoms with E-state index in [1.807, 2.05) is 0 Å². The van der Waals surface area contributed by atoms with Crippen LogP contribution in [0.4, 0.5) is 0 Å². The van der Waals surface area contributed by atoms with Crippen molar-refractivity contribution >= 4 is 16.8 Å². The van der Waals surface area contributed by atoms with Gasteiger partial charge in [0.2, 0.25) is 5.17 Å². The molecule has 0 aliphatic heterocycles. The highest BCUT2D eigenvalue weighted by molar-refractivity contribution is 6.69. The van der Waals surface area contributed by atoms with E-state index in [0.717, 1.165) is 0 Å². The highest BCUT2D eigenvalue weighted by Gasteiger charge is 1.98. The van der Waals surface area contributed by atoms with Crippen molar-refractivity contribution < 1.29 is 9.57 Å². The molecule has 0 heterocycles. The van der Waals surface area contributed by atoms with Crippen LogP contribution in [-0.4, -0.2) is 19.4 Å². The van der Waals surface area contributed by atoms with Gasteiger partial charge in [0.15, 0.2) is 5.76 Å². The van der Waals surface area contributed by atoms with Gasteiger partial charge in [0, 0.05) is 0 Å². The third-order valence-electron chi connectivity index (χ3n) is 0.648. The van der Waals surface area contributed by atoms with Crippen LogP contribution in [-0.2, 0) is 9.57 Å². The van der Waals surface area contributed by atoms with Crippen LogP contribution in [0.2, 0.25) is 0 Å². The summed E-state index contributed by atoms with van der Waals surface area (Å²) in [5.41, 5.74) is 0. The van der Waals surface area contributed by atoms with Crippen molar-refractivity contribution in [1.29, 1.82) is 0 Å². The molecule has 4 heteroatoms. The molecular formula is C5H8ClNO2. The Morgan fingerprint density at radius 3 is 2.44 bits per heavy atom. The zero-order valence-corrected chi connectivity index (χ0v) is 6.10. The quantitative estimate of drug-likeness (QED) is 0.345. The first kappa shape index (κ1) is 8.30. The van der Waals surface area contributed by atoms with Crippen LogP contribution in [0.1, 0.15) is 0 Å². The molecule has 0 aromatic rings. The molecule has 52 valence electrons. The molecular weight excluding hydrogens is 142 g/mol. The fourth-order valence-electron chi connectivity index (χ4n) is 0.215. The first-order valence-corrected chi connectivity index (χ1v) is 2.60. The lowest BCUT2D eigenvalue weighted by Gasteiger charge is -1.97. The first-order valence-electron chi connectivity index (χ1n) is 2.22. The van der Waals surface area contributed by atoms with E-state index in [1.165, 1.54) is 14.2 Å². The number of hydrogen-bond acceptors (Lipinski definition) is 3. The van der Waals surface area contributed by atoms with E-state index in [1.54, 1.807) is 0 Å². The van der Waals surface area contributed by atoms with Crippen LogP contribution in [0, 0.1) is 0 Å². The minimum Gasteiger partial charge on any atom is -0.494 e. The maximum atomic E-state index is 5.43. The highest BCUT2D eigenvalue weighted by Crippen LogP contribution is 1.99. The molecule has 0 saturated carbocycles. The number of methoxy groups -OCH3 is 1. The van der Waals surface area contributed by atoms with Gasteiger partial charge in [-0.05, 0) is 0 Å². The topological polar surface area (TPSA) is 30.8 Å². The van der Waals surface area contributed by atoms with E-state index in [0.29, 0.717) is 5.76 Å². The fraction of sp³-hybridized carbons (Fsp3) is 0.400. The lowest BCUT2D eigenvalue weighted by molar-refractivity contribution is 0.211. The van der Waals surface area contributed by atoms with Gasteiger partial charge in [-0.2, -0.15) is 0 Å². The summed E-state index contributed by atoms with van der Waals surface area (Å²) in [6.07, 6.45) is 0. The van der Waals surface area contributed by atoms with Gasteiger partial charge in [-0.3, -0.25) is 0 Å². The molecule has 0 atom stereocenters. The van der Waals surface area contributed by atoms with Crippen LogP contribution >= 0.6 is 11.6 Å². The van der Waals surface area contributed by atoms with E-state index in [-0.39, 0.29) is 5.17 Å². The van der Waals surface area contributed by atoms with Gasteiger partial charge in [-0.1, -0.05) is 23.3 Å². The summed E-state index contributed by atoms with van der Waals surface area (Å²) in [4.78, 5) is 4.34. The summed E-state index contributed by atoms with van der Waals surface area (Å²) in [5.74, 6) is 0.290. The molecule has 0 unspecified atom stereocenters. The van der Waals surface area contributed by atoms with Crippen molar-refractivity contribution in [2.24, 2.45) is 5.16 Å². The summed E-state index contributed by atoms with van der Waals surface area (Å²) < 4.78 is 4.63. The minimum atomic E-state index is 0.125. The zero-order chi connectivity index (χ0) is 7.28. The number of nitrogens with zero attached hydrogens (tertiary/aromatic N) is 1. The fourth-order valence-corrected chi connectivity index (χ4v) is 0.361. The van der Waals surface area contributed by atoms with Crippen LogP contribution < -0.4 is 0 Å². The Kier molecular flexibility index (Phi) is 3.88. The van der Waals surface area contributed by atoms with Gasteiger partial charge in [-0.25, -0.2) is 0 Å². The molecule has 0 aliphatic rings. The third-order valence-corrected chi connectivity index (χ3v) is 0.928. The zero-order valence-electron chi connectivity index (χ0n) is 5.35. The Balaban J connectivity index is 3.86. The lowest BCUT2D eigenvalue weighted by Crippen LogP contribution is -1.94. The maximum Gasteiger partial charge on any atom is 0.209 e. The van der Waals surface area contributed by atoms with Crippen molar-refractivity contribution in [2.45, 2.75) is 0 Å². The Labute approximate surface area is 58.9 Å². The average Bonchev–Trinajstić information content (AvgIpc) is 1.87. The molecule has 0 radical (unpaired) electrons. The molecule has 0 aromatic carbocycles. The van der Waals surface area contributed by atoms with E-state index in [4.69, 9.17) is 11.6 Å². The van der Waals surface area contributed by atoms with Gasteiger partial charge < -0.3 is 9.57 Å². The minimum absolute atomic E-state index is 0.125.